The molecule has 0 spiro atoms. The molecule has 1 amide bonds. The lowest BCUT2D eigenvalue weighted by molar-refractivity contribution is -0.151. The summed E-state index contributed by atoms with van der Waals surface area (Å²) in [5, 5.41) is 12.7. The van der Waals surface area contributed by atoms with Gasteiger partial charge in [-0.2, -0.15) is 0 Å². The summed E-state index contributed by atoms with van der Waals surface area (Å²) in [5.74, 6) is -0.654. The third kappa shape index (κ3) is 10.7. The molecule has 1 atom stereocenters. The normalized spacial score (nSPS) is 11.9. The molecule has 0 aliphatic heterocycles. The number of amides is 1. The van der Waals surface area contributed by atoms with Crippen molar-refractivity contribution in [3.63, 3.8) is 0 Å². The molecule has 0 radical (unpaired) electrons. The summed E-state index contributed by atoms with van der Waals surface area (Å²) in [5.41, 5.74) is 1.95. The summed E-state index contributed by atoms with van der Waals surface area (Å²) >= 11 is 0. The van der Waals surface area contributed by atoms with E-state index in [0.717, 1.165) is 48.7 Å². The van der Waals surface area contributed by atoms with E-state index in [1.165, 1.54) is 6.08 Å². The Morgan fingerprint density at radius 3 is 2.69 bits per heavy atom. The molecule has 0 bridgehead atoms. The van der Waals surface area contributed by atoms with Gasteiger partial charge in [0.25, 0.3) is 0 Å². The number of aliphatic hydroxyl groups excluding tert-OH is 1. The highest BCUT2D eigenvalue weighted by molar-refractivity contribution is 5.91. The van der Waals surface area contributed by atoms with Crippen molar-refractivity contribution in [3.05, 3.63) is 66.6 Å². The molecule has 0 fully saturated rings. The SMILES string of the molecule is CC(CCO)OC(=O)CCC(=O)Oc1ccc2c(ccn2CCCCCCNC(=O)/C=C/c2cccnc2)c1. The highest BCUT2D eigenvalue weighted by Crippen LogP contribution is 2.23. The van der Waals surface area contributed by atoms with Gasteiger partial charge in [0.2, 0.25) is 5.91 Å². The molecule has 208 valence electrons. The first-order valence-corrected chi connectivity index (χ1v) is 13.4. The number of unbranched alkanes of at least 4 members (excludes halogenated alkanes) is 3. The lowest BCUT2D eigenvalue weighted by Crippen LogP contribution is -2.21. The van der Waals surface area contributed by atoms with Crippen LogP contribution in [0.4, 0.5) is 0 Å². The van der Waals surface area contributed by atoms with Crippen molar-refractivity contribution in [3.8, 4) is 5.75 Å². The van der Waals surface area contributed by atoms with Crippen LogP contribution in [0.15, 0.2) is 61.1 Å². The van der Waals surface area contributed by atoms with Crippen LogP contribution >= 0.6 is 0 Å². The Hall–Kier alpha value is -3.98. The quantitative estimate of drug-likeness (QED) is 0.121. The molecule has 39 heavy (non-hydrogen) atoms. The molecule has 2 heterocycles. The molecule has 0 aliphatic carbocycles. The number of pyridine rings is 1. The Labute approximate surface area is 228 Å². The smallest absolute Gasteiger partial charge is 0.311 e. The van der Waals surface area contributed by atoms with E-state index in [-0.39, 0.29) is 31.5 Å². The van der Waals surface area contributed by atoms with Gasteiger partial charge in [-0.15, -0.1) is 0 Å². The summed E-state index contributed by atoms with van der Waals surface area (Å²) in [6.07, 6.45) is 12.6. The average Bonchev–Trinajstić information content (AvgIpc) is 3.33. The van der Waals surface area contributed by atoms with E-state index in [2.05, 4.69) is 14.9 Å². The van der Waals surface area contributed by atoms with Gasteiger partial charge < -0.3 is 24.5 Å². The number of rotatable bonds is 16. The third-order valence-corrected chi connectivity index (χ3v) is 6.11. The van der Waals surface area contributed by atoms with Crippen LogP contribution in [0.3, 0.4) is 0 Å². The fourth-order valence-corrected chi connectivity index (χ4v) is 4.03. The highest BCUT2D eigenvalue weighted by atomic mass is 16.5. The number of esters is 2. The Bertz CT molecular complexity index is 1240. The topological polar surface area (TPSA) is 120 Å². The maximum atomic E-state index is 12.1. The summed E-state index contributed by atoms with van der Waals surface area (Å²) < 4.78 is 12.7. The van der Waals surface area contributed by atoms with E-state index in [4.69, 9.17) is 14.6 Å². The Kier molecular flexibility index (Phi) is 12.2. The van der Waals surface area contributed by atoms with Crippen LogP contribution in [0.2, 0.25) is 0 Å². The van der Waals surface area contributed by atoms with Gasteiger partial charge in [0.1, 0.15) is 11.9 Å². The van der Waals surface area contributed by atoms with E-state index >= 15 is 0 Å². The fraction of sp³-hybridized carbons (Fsp3) is 0.400. The second-order valence-electron chi connectivity index (χ2n) is 9.34. The predicted octanol–water partition coefficient (Wildman–Crippen LogP) is 4.43. The molecule has 1 aromatic carbocycles. The molecular formula is C30H37N3O6. The maximum absolute atomic E-state index is 12.1. The summed E-state index contributed by atoms with van der Waals surface area (Å²) in [6, 6.07) is 11.2. The number of aryl methyl sites for hydroxylation is 1. The van der Waals surface area contributed by atoms with E-state index in [0.29, 0.717) is 18.7 Å². The van der Waals surface area contributed by atoms with E-state index in [1.54, 1.807) is 31.5 Å². The number of hydrogen-bond acceptors (Lipinski definition) is 7. The third-order valence-electron chi connectivity index (χ3n) is 6.11. The molecule has 0 aliphatic rings. The van der Waals surface area contributed by atoms with Gasteiger partial charge in [-0.1, -0.05) is 18.9 Å². The van der Waals surface area contributed by atoms with Crippen molar-refractivity contribution in [2.24, 2.45) is 0 Å². The molecule has 9 heteroatoms. The van der Waals surface area contributed by atoms with Gasteiger partial charge in [-0.25, -0.2) is 0 Å². The minimum Gasteiger partial charge on any atom is -0.463 e. The monoisotopic (exact) mass is 535 g/mol. The first-order chi connectivity index (χ1) is 18.9. The Morgan fingerprint density at radius 1 is 1.08 bits per heavy atom. The molecular weight excluding hydrogens is 498 g/mol. The van der Waals surface area contributed by atoms with Crippen molar-refractivity contribution < 1.29 is 29.0 Å². The summed E-state index contributed by atoms with van der Waals surface area (Å²) in [7, 11) is 0. The summed E-state index contributed by atoms with van der Waals surface area (Å²) in [6.45, 7) is 3.16. The molecule has 0 saturated carbocycles. The van der Waals surface area contributed by atoms with E-state index in [1.807, 2.05) is 36.5 Å². The minimum atomic E-state index is -0.499. The molecule has 2 N–H and O–H groups in total. The van der Waals surface area contributed by atoms with Gasteiger partial charge in [-0.3, -0.25) is 19.4 Å². The van der Waals surface area contributed by atoms with E-state index in [9.17, 15) is 14.4 Å². The van der Waals surface area contributed by atoms with Crippen LogP contribution < -0.4 is 10.1 Å². The number of fused-ring (bicyclic) bond motifs is 1. The van der Waals surface area contributed by atoms with Crippen LogP contribution in [0.1, 0.15) is 57.4 Å². The largest absolute Gasteiger partial charge is 0.463 e. The second kappa shape index (κ2) is 16.1. The van der Waals surface area contributed by atoms with Gasteiger partial charge in [0.15, 0.2) is 0 Å². The molecule has 1 unspecified atom stereocenters. The lowest BCUT2D eigenvalue weighted by Gasteiger charge is -2.11. The minimum absolute atomic E-state index is 0.0609. The zero-order valence-corrected chi connectivity index (χ0v) is 22.4. The molecule has 0 saturated heterocycles. The fourth-order valence-electron chi connectivity index (χ4n) is 4.03. The predicted molar refractivity (Wildman–Crippen MR) is 149 cm³/mol. The van der Waals surface area contributed by atoms with Crippen LogP contribution in [-0.2, 0) is 25.7 Å². The number of aliphatic hydroxyl groups is 1. The van der Waals surface area contributed by atoms with Gasteiger partial charge in [0.05, 0.1) is 12.8 Å². The molecule has 3 aromatic rings. The number of aromatic nitrogens is 2. The lowest BCUT2D eigenvalue weighted by atomic mass is 10.2. The maximum Gasteiger partial charge on any atom is 0.311 e. The van der Waals surface area contributed by atoms with Crippen LogP contribution in [0, 0.1) is 0 Å². The van der Waals surface area contributed by atoms with Crippen molar-refractivity contribution in [2.45, 2.75) is 64.5 Å². The first-order valence-electron chi connectivity index (χ1n) is 13.4. The number of carbonyl (C=O) groups excluding carboxylic acids is 3. The van der Waals surface area contributed by atoms with Gasteiger partial charge in [-0.05, 0) is 61.7 Å². The van der Waals surface area contributed by atoms with E-state index < -0.39 is 11.9 Å². The van der Waals surface area contributed by atoms with Crippen molar-refractivity contribution in [2.75, 3.05) is 13.2 Å². The standard InChI is InChI=1S/C30H37N3O6/c1-23(15-20-34)38-29(36)12-13-30(37)39-26-9-10-27-25(21-26)14-19-33(27)18-5-3-2-4-17-32-28(35)11-8-24-7-6-16-31-22-24/h6-11,14,16,19,21-23,34H,2-5,12-13,15,17-18,20H2,1H3,(H,32,35)/b11-8+. The van der Waals surface area contributed by atoms with Gasteiger partial charge in [0, 0.05) is 61.7 Å². The van der Waals surface area contributed by atoms with Crippen molar-refractivity contribution >= 4 is 34.8 Å². The molecule has 2 aromatic heterocycles. The van der Waals surface area contributed by atoms with Crippen LogP contribution in [-0.4, -0.2) is 51.8 Å². The molecule has 3 rings (SSSR count). The Balaban J connectivity index is 1.32. The zero-order chi connectivity index (χ0) is 27.9. The van der Waals surface area contributed by atoms with Crippen LogP contribution in [0.25, 0.3) is 17.0 Å². The second-order valence-corrected chi connectivity index (χ2v) is 9.34. The first kappa shape index (κ1) is 29.6. The zero-order valence-electron chi connectivity index (χ0n) is 22.4. The number of carbonyl (C=O) groups is 3. The number of nitrogens with one attached hydrogen (secondary N) is 1. The van der Waals surface area contributed by atoms with Crippen molar-refractivity contribution in [1.82, 2.24) is 14.9 Å². The van der Waals surface area contributed by atoms with Gasteiger partial charge >= 0.3 is 11.9 Å². The molecule has 9 nitrogen and oxygen atoms in total. The summed E-state index contributed by atoms with van der Waals surface area (Å²) in [4.78, 5) is 39.9. The van der Waals surface area contributed by atoms with Crippen LogP contribution in [0.5, 0.6) is 5.75 Å². The van der Waals surface area contributed by atoms with Crippen molar-refractivity contribution in [1.29, 1.82) is 0 Å². The number of ether oxygens (including phenoxy) is 2. The highest BCUT2D eigenvalue weighted by Gasteiger charge is 2.13. The Morgan fingerprint density at radius 2 is 1.90 bits per heavy atom. The number of nitrogens with zero attached hydrogens (tertiary/aromatic N) is 2. The number of hydrogen-bond donors (Lipinski definition) is 2. The number of benzene rings is 1. The average molecular weight is 536 g/mol.